The summed E-state index contributed by atoms with van der Waals surface area (Å²) in [6.45, 7) is 3.52. The number of rotatable bonds is 11. The summed E-state index contributed by atoms with van der Waals surface area (Å²) < 4.78 is 16.6. The molecule has 1 N–H and O–H groups in total. The van der Waals surface area contributed by atoms with Crippen LogP contribution >= 0.6 is 11.6 Å². The number of likely N-dealkylation sites (N-methyl/N-ethyl adjacent to an activating group) is 1. The molecule has 0 radical (unpaired) electrons. The molecule has 2 aromatic rings. The Labute approximate surface area is 193 Å². The summed E-state index contributed by atoms with van der Waals surface area (Å²) in [6.07, 6.45) is -0.643. The minimum Gasteiger partial charge on any atom is -0.491 e. The molecule has 7 nitrogen and oxygen atoms in total. The predicted octanol–water partition coefficient (Wildman–Crippen LogP) is 3.48. The van der Waals surface area contributed by atoms with Crippen LogP contribution in [0.25, 0.3) is 0 Å². The number of benzene rings is 2. The van der Waals surface area contributed by atoms with Gasteiger partial charge in [-0.25, -0.2) is 9.69 Å². The third-order valence-corrected chi connectivity index (χ3v) is 5.48. The number of imide groups is 1. The van der Waals surface area contributed by atoms with E-state index in [2.05, 4.69) is 5.32 Å². The van der Waals surface area contributed by atoms with Crippen LogP contribution in [0.15, 0.2) is 48.5 Å². The molecule has 2 aromatic carbocycles. The average Bonchev–Trinajstić information content (AvgIpc) is 3.15. The summed E-state index contributed by atoms with van der Waals surface area (Å²) in [5, 5.41) is 3.47. The average molecular weight is 461 g/mol. The van der Waals surface area contributed by atoms with Gasteiger partial charge in [0.1, 0.15) is 25.1 Å². The van der Waals surface area contributed by atoms with Crippen LogP contribution < -0.4 is 10.1 Å². The van der Waals surface area contributed by atoms with Crippen molar-refractivity contribution in [1.29, 1.82) is 0 Å². The summed E-state index contributed by atoms with van der Waals surface area (Å²) in [5.74, 6) is 0.178. The Hall–Kier alpha value is -2.61. The zero-order valence-corrected chi connectivity index (χ0v) is 19.1. The minimum atomic E-state index is -0.823. The second-order valence-corrected chi connectivity index (χ2v) is 7.90. The fourth-order valence-electron chi connectivity index (χ4n) is 3.61. The van der Waals surface area contributed by atoms with Crippen LogP contribution in [-0.4, -0.2) is 62.5 Å². The first kappa shape index (κ1) is 24.0. The maximum Gasteiger partial charge on any atom is 0.417 e. The van der Waals surface area contributed by atoms with Gasteiger partial charge in [0.05, 0.1) is 11.1 Å². The largest absolute Gasteiger partial charge is 0.491 e. The van der Waals surface area contributed by atoms with Crippen LogP contribution in [0.1, 0.15) is 18.1 Å². The Morgan fingerprint density at radius 1 is 1.25 bits per heavy atom. The molecule has 0 aromatic heterocycles. The zero-order valence-electron chi connectivity index (χ0n) is 18.4. The van der Waals surface area contributed by atoms with E-state index < -0.39 is 18.1 Å². The van der Waals surface area contributed by atoms with Crippen molar-refractivity contribution >= 4 is 23.6 Å². The lowest BCUT2D eigenvalue weighted by Gasteiger charge is -2.25. The predicted molar refractivity (Wildman–Crippen MR) is 122 cm³/mol. The third-order valence-electron chi connectivity index (χ3n) is 5.18. The van der Waals surface area contributed by atoms with Crippen molar-refractivity contribution in [3.05, 3.63) is 64.7 Å². The van der Waals surface area contributed by atoms with E-state index >= 15 is 0 Å². The van der Waals surface area contributed by atoms with Crippen LogP contribution in [0.2, 0.25) is 5.02 Å². The van der Waals surface area contributed by atoms with Gasteiger partial charge in [-0.2, -0.15) is 0 Å². The maximum atomic E-state index is 13.3. The zero-order chi connectivity index (χ0) is 22.9. The number of nitrogens with zero attached hydrogens (tertiary/aromatic N) is 1. The molecule has 8 heteroatoms. The minimum absolute atomic E-state index is 0.169. The van der Waals surface area contributed by atoms with E-state index in [0.29, 0.717) is 37.0 Å². The second-order valence-electron chi connectivity index (χ2n) is 7.49. The monoisotopic (exact) mass is 460 g/mol. The molecule has 2 atom stereocenters. The highest BCUT2D eigenvalue weighted by atomic mass is 35.5. The SMILES string of the molecule is CCO[C@@H](Cc1ccc(OCCNC)c(Cl)c1)C(=O)N1C(=O)OCC1Cc1ccccc1. The van der Waals surface area contributed by atoms with E-state index in [1.807, 2.05) is 50.4 Å². The smallest absolute Gasteiger partial charge is 0.417 e. The first-order valence-corrected chi connectivity index (χ1v) is 11.1. The fourth-order valence-corrected chi connectivity index (χ4v) is 3.86. The second kappa shape index (κ2) is 11.9. The van der Waals surface area contributed by atoms with Crippen molar-refractivity contribution in [2.45, 2.75) is 31.9 Å². The number of nitrogens with one attached hydrogen (secondary N) is 1. The van der Waals surface area contributed by atoms with Crippen molar-refractivity contribution in [1.82, 2.24) is 10.2 Å². The summed E-state index contributed by atoms with van der Waals surface area (Å²) in [6, 6.07) is 14.7. The number of halogens is 1. The molecule has 1 unspecified atom stereocenters. The van der Waals surface area contributed by atoms with Gasteiger partial charge >= 0.3 is 6.09 Å². The van der Waals surface area contributed by atoms with E-state index in [1.54, 1.807) is 12.1 Å². The van der Waals surface area contributed by atoms with Crippen molar-refractivity contribution in [2.75, 3.05) is 33.4 Å². The van der Waals surface area contributed by atoms with Crippen molar-refractivity contribution in [3.63, 3.8) is 0 Å². The van der Waals surface area contributed by atoms with Crippen LogP contribution in [0.5, 0.6) is 5.75 Å². The number of cyclic esters (lactones) is 1. The molecular formula is C24H29ClN2O5. The van der Waals surface area contributed by atoms with Crippen molar-refractivity contribution in [2.24, 2.45) is 0 Å². The molecule has 0 aliphatic carbocycles. The molecule has 32 heavy (non-hydrogen) atoms. The fraction of sp³-hybridized carbons (Fsp3) is 0.417. The highest BCUT2D eigenvalue weighted by Crippen LogP contribution is 2.27. The lowest BCUT2D eigenvalue weighted by atomic mass is 10.0. The van der Waals surface area contributed by atoms with Gasteiger partial charge in [0.2, 0.25) is 0 Å². The molecule has 1 aliphatic heterocycles. The Kier molecular flexibility index (Phi) is 8.90. The number of amides is 2. The van der Waals surface area contributed by atoms with Crippen LogP contribution in [0.4, 0.5) is 4.79 Å². The number of hydrogen-bond acceptors (Lipinski definition) is 6. The number of carbonyl (C=O) groups is 2. The Morgan fingerprint density at radius 2 is 2.03 bits per heavy atom. The Morgan fingerprint density at radius 3 is 2.72 bits per heavy atom. The van der Waals surface area contributed by atoms with E-state index in [4.69, 9.17) is 25.8 Å². The molecule has 0 spiro atoms. The summed E-state index contributed by atoms with van der Waals surface area (Å²) in [7, 11) is 1.85. The van der Waals surface area contributed by atoms with E-state index in [-0.39, 0.29) is 19.1 Å². The lowest BCUT2D eigenvalue weighted by Crippen LogP contribution is -2.47. The van der Waals surface area contributed by atoms with Gasteiger partial charge < -0.3 is 19.5 Å². The Bertz CT molecular complexity index is 909. The number of hydrogen-bond donors (Lipinski definition) is 1. The summed E-state index contributed by atoms with van der Waals surface area (Å²) >= 11 is 6.36. The Balaban J connectivity index is 1.71. The van der Waals surface area contributed by atoms with Crippen molar-refractivity contribution in [3.8, 4) is 5.75 Å². The molecule has 1 heterocycles. The van der Waals surface area contributed by atoms with E-state index in [0.717, 1.165) is 11.1 Å². The van der Waals surface area contributed by atoms with Gasteiger partial charge in [-0.15, -0.1) is 0 Å². The maximum absolute atomic E-state index is 13.3. The van der Waals surface area contributed by atoms with Gasteiger partial charge in [-0.3, -0.25) is 4.79 Å². The number of ether oxygens (including phenoxy) is 3. The van der Waals surface area contributed by atoms with Gasteiger partial charge in [0.25, 0.3) is 5.91 Å². The first-order chi connectivity index (χ1) is 15.5. The van der Waals surface area contributed by atoms with E-state index in [1.165, 1.54) is 4.90 Å². The molecular weight excluding hydrogens is 432 g/mol. The highest BCUT2D eigenvalue weighted by molar-refractivity contribution is 6.32. The van der Waals surface area contributed by atoms with Gasteiger partial charge in [-0.1, -0.05) is 48.0 Å². The molecule has 172 valence electrons. The molecule has 1 fully saturated rings. The van der Waals surface area contributed by atoms with Gasteiger partial charge in [-0.05, 0) is 43.7 Å². The molecule has 2 amide bonds. The van der Waals surface area contributed by atoms with E-state index in [9.17, 15) is 9.59 Å². The highest BCUT2D eigenvalue weighted by Gasteiger charge is 2.41. The molecule has 0 saturated carbocycles. The quantitative estimate of drug-likeness (QED) is 0.517. The lowest BCUT2D eigenvalue weighted by molar-refractivity contribution is -0.141. The normalized spacial score (nSPS) is 16.7. The first-order valence-electron chi connectivity index (χ1n) is 10.7. The standard InChI is InChI=1S/C24H29ClN2O5/c1-3-30-22(15-18-9-10-21(20(25)14-18)31-12-11-26-2)23(28)27-19(16-32-24(27)29)13-17-7-5-4-6-8-17/h4-10,14,19,22,26H,3,11-13,15-16H2,1-2H3/t19?,22-/m0/s1. The molecule has 3 rings (SSSR count). The van der Waals surface area contributed by atoms with Crippen LogP contribution in [0.3, 0.4) is 0 Å². The van der Waals surface area contributed by atoms with Crippen LogP contribution in [-0.2, 0) is 27.1 Å². The molecule has 1 aliphatic rings. The van der Waals surface area contributed by atoms with Gasteiger partial charge in [0, 0.05) is 19.6 Å². The molecule has 1 saturated heterocycles. The van der Waals surface area contributed by atoms with Crippen molar-refractivity contribution < 1.29 is 23.8 Å². The van der Waals surface area contributed by atoms with Gasteiger partial charge in [0.15, 0.2) is 0 Å². The third kappa shape index (κ3) is 6.22. The molecule has 0 bridgehead atoms. The topological polar surface area (TPSA) is 77.1 Å². The summed E-state index contributed by atoms with van der Waals surface area (Å²) in [5.41, 5.74) is 1.84. The summed E-state index contributed by atoms with van der Waals surface area (Å²) in [4.78, 5) is 26.9. The number of carbonyl (C=O) groups excluding carboxylic acids is 2. The van der Waals surface area contributed by atoms with Crippen LogP contribution in [0, 0.1) is 0 Å².